The lowest BCUT2D eigenvalue weighted by molar-refractivity contribution is 0.0935. The second kappa shape index (κ2) is 10.1. The Morgan fingerprint density at radius 1 is 1.05 bits per heavy atom. The molecule has 0 bridgehead atoms. The van der Waals surface area contributed by atoms with Gasteiger partial charge in [0, 0.05) is 35.8 Å². The summed E-state index contributed by atoms with van der Waals surface area (Å²) < 4.78 is 14.5. The van der Waals surface area contributed by atoms with Gasteiger partial charge in [-0.15, -0.1) is 0 Å². The molecule has 5 aromatic rings. The predicted molar refractivity (Wildman–Crippen MR) is 133 cm³/mol. The number of hydrogen-bond donors (Lipinski definition) is 2. The molecule has 0 aromatic carbocycles. The molecule has 0 fully saturated rings. The van der Waals surface area contributed by atoms with E-state index in [0.29, 0.717) is 23.6 Å². The van der Waals surface area contributed by atoms with Crippen molar-refractivity contribution in [2.45, 2.75) is 33.2 Å². The van der Waals surface area contributed by atoms with Crippen LogP contribution in [-0.2, 0) is 6.42 Å². The quantitative estimate of drug-likeness (QED) is 0.351. The Kier molecular flexibility index (Phi) is 6.50. The number of rotatable bonds is 7. The van der Waals surface area contributed by atoms with Gasteiger partial charge >= 0.3 is 0 Å². The van der Waals surface area contributed by atoms with Crippen LogP contribution < -0.4 is 5.32 Å². The molecule has 37 heavy (non-hydrogen) atoms. The maximum absolute atomic E-state index is 13.2. The van der Waals surface area contributed by atoms with E-state index >= 15 is 0 Å². The summed E-state index contributed by atoms with van der Waals surface area (Å²) in [4.78, 5) is 30.6. The van der Waals surface area contributed by atoms with E-state index < -0.39 is 5.82 Å². The first kappa shape index (κ1) is 23.9. The van der Waals surface area contributed by atoms with Crippen LogP contribution in [0.5, 0.6) is 0 Å². The number of hydrogen-bond acceptors (Lipinski definition) is 7. The summed E-state index contributed by atoms with van der Waals surface area (Å²) in [6.07, 6.45) is 6.15. The van der Waals surface area contributed by atoms with Gasteiger partial charge in [-0.05, 0) is 56.7 Å². The van der Waals surface area contributed by atoms with Gasteiger partial charge in [-0.2, -0.15) is 10.2 Å². The van der Waals surface area contributed by atoms with Gasteiger partial charge in [0.2, 0.25) is 0 Å². The van der Waals surface area contributed by atoms with Crippen molar-refractivity contribution in [2.24, 2.45) is 0 Å². The summed E-state index contributed by atoms with van der Waals surface area (Å²) in [7, 11) is 0. The fourth-order valence-electron chi connectivity index (χ4n) is 3.83. The average Bonchev–Trinajstić information content (AvgIpc) is 3.51. The van der Waals surface area contributed by atoms with Crippen molar-refractivity contribution in [1.82, 2.24) is 45.2 Å². The molecule has 5 aromatic heterocycles. The molecular weight excluding hydrogens is 473 g/mol. The number of carbonyl (C=O) groups excluding carboxylic acids is 1. The van der Waals surface area contributed by atoms with Crippen molar-refractivity contribution in [3.8, 4) is 17.2 Å². The summed E-state index contributed by atoms with van der Waals surface area (Å²) >= 11 is 0. The number of aromatic amines is 1. The Morgan fingerprint density at radius 2 is 1.92 bits per heavy atom. The van der Waals surface area contributed by atoms with E-state index in [4.69, 9.17) is 0 Å². The Labute approximate surface area is 212 Å². The van der Waals surface area contributed by atoms with Crippen LogP contribution in [0.2, 0.25) is 0 Å². The summed E-state index contributed by atoms with van der Waals surface area (Å²) in [5.41, 5.74) is 5.35. The maximum Gasteiger partial charge on any atom is 0.270 e. The average molecular weight is 498 g/mol. The van der Waals surface area contributed by atoms with Crippen LogP contribution in [0, 0.1) is 19.7 Å². The van der Waals surface area contributed by atoms with E-state index in [1.807, 2.05) is 32.9 Å². The van der Waals surface area contributed by atoms with Gasteiger partial charge in [-0.1, -0.05) is 6.07 Å². The number of amides is 1. The van der Waals surface area contributed by atoms with Crippen molar-refractivity contribution in [2.75, 3.05) is 0 Å². The molecule has 0 aliphatic rings. The molecule has 0 saturated carbocycles. The molecule has 0 unspecified atom stereocenters. The largest absolute Gasteiger partial charge is 0.344 e. The molecule has 0 saturated heterocycles. The summed E-state index contributed by atoms with van der Waals surface area (Å²) in [5.74, 6) is 0.253. The first-order chi connectivity index (χ1) is 17.8. The minimum atomic E-state index is -0.441. The zero-order chi connectivity index (χ0) is 25.9. The van der Waals surface area contributed by atoms with Crippen molar-refractivity contribution >= 4 is 5.91 Å². The fraction of sp³-hybridized carbons (Fsp3) is 0.192. The normalized spacial score (nSPS) is 11.9. The first-order valence-corrected chi connectivity index (χ1v) is 11.6. The van der Waals surface area contributed by atoms with Crippen LogP contribution in [0.4, 0.5) is 4.39 Å². The zero-order valence-electron chi connectivity index (χ0n) is 20.5. The monoisotopic (exact) mass is 497 g/mol. The molecule has 11 heteroatoms. The van der Waals surface area contributed by atoms with Crippen LogP contribution in [0.3, 0.4) is 0 Å². The summed E-state index contributed by atoms with van der Waals surface area (Å²) in [6.45, 7) is 5.71. The minimum absolute atomic E-state index is 0.270. The Hall–Kier alpha value is -4.80. The number of halogens is 1. The second-order valence-corrected chi connectivity index (χ2v) is 8.72. The van der Waals surface area contributed by atoms with Gasteiger partial charge in [0.05, 0.1) is 29.8 Å². The van der Waals surface area contributed by atoms with Gasteiger partial charge in [0.25, 0.3) is 5.91 Å². The van der Waals surface area contributed by atoms with Crippen LogP contribution in [0.25, 0.3) is 17.2 Å². The Bertz CT molecular complexity index is 1540. The highest BCUT2D eigenvalue weighted by Crippen LogP contribution is 2.18. The maximum atomic E-state index is 13.2. The van der Waals surface area contributed by atoms with E-state index in [-0.39, 0.29) is 17.6 Å². The Balaban J connectivity index is 1.25. The van der Waals surface area contributed by atoms with Gasteiger partial charge in [0.15, 0.2) is 17.5 Å². The molecule has 2 N–H and O–H groups in total. The number of aryl methyl sites for hydroxylation is 2. The third kappa shape index (κ3) is 5.56. The van der Waals surface area contributed by atoms with Gasteiger partial charge in [-0.3, -0.25) is 14.9 Å². The number of nitrogens with one attached hydrogen (secondary N) is 2. The molecule has 0 aliphatic heterocycles. The molecule has 5 heterocycles. The first-order valence-electron chi connectivity index (χ1n) is 11.6. The zero-order valence-corrected chi connectivity index (χ0v) is 20.5. The van der Waals surface area contributed by atoms with Crippen LogP contribution in [0.1, 0.15) is 51.8 Å². The summed E-state index contributed by atoms with van der Waals surface area (Å²) in [5, 5.41) is 14.0. The molecular formula is C26H24FN9O. The smallest absolute Gasteiger partial charge is 0.270 e. The second-order valence-electron chi connectivity index (χ2n) is 8.72. The number of H-pyrrole nitrogens is 1. The van der Waals surface area contributed by atoms with Gasteiger partial charge in [0.1, 0.15) is 5.69 Å². The molecule has 5 rings (SSSR count). The fourth-order valence-corrected chi connectivity index (χ4v) is 3.83. The molecule has 186 valence electrons. The van der Waals surface area contributed by atoms with Gasteiger partial charge < -0.3 is 5.32 Å². The predicted octanol–water partition coefficient (Wildman–Crippen LogP) is 3.68. The highest BCUT2D eigenvalue weighted by Gasteiger charge is 2.15. The van der Waals surface area contributed by atoms with Crippen LogP contribution in [0.15, 0.2) is 61.2 Å². The molecule has 1 amide bonds. The lowest BCUT2D eigenvalue weighted by atomic mass is 10.1. The number of nitrogens with zero attached hydrogens (tertiary/aromatic N) is 7. The lowest BCUT2D eigenvalue weighted by Crippen LogP contribution is -2.27. The standard InChI is InChI=1S/C26H24FN9O/c1-15-8-21(10-22-9-16(2)34-35-22)33-25(31-15)19-4-6-23(28-12-19)26(37)32-17(3)18-5-7-24(29-11-18)36-14-20(27)13-30-36/h4-9,11-14,17H,10H2,1-3H3,(H,32,37)(H,34,35)/t17-/m1/s1. The van der Waals surface area contributed by atoms with E-state index in [2.05, 4.69) is 40.5 Å². The highest BCUT2D eigenvalue weighted by molar-refractivity contribution is 5.92. The molecule has 0 spiro atoms. The number of aromatic nitrogens is 8. The third-order valence-electron chi connectivity index (χ3n) is 5.69. The third-order valence-corrected chi connectivity index (χ3v) is 5.69. The molecule has 0 radical (unpaired) electrons. The van der Waals surface area contributed by atoms with E-state index in [1.54, 1.807) is 36.7 Å². The minimum Gasteiger partial charge on any atom is -0.344 e. The van der Waals surface area contributed by atoms with Crippen molar-refractivity contribution in [3.63, 3.8) is 0 Å². The highest BCUT2D eigenvalue weighted by atomic mass is 19.1. The molecule has 0 aliphatic carbocycles. The SMILES string of the molecule is Cc1cc(Cc2cc(C)[nH]n2)nc(-c2ccc(C(=O)N[C@H](C)c3ccc(-n4cc(F)cn4)nc3)nc2)n1. The topological polar surface area (TPSA) is 127 Å². The van der Waals surface area contributed by atoms with E-state index in [9.17, 15) is 9.18 Å². The number of carbonyl (C=O) groups is 1. The molecule has 1 atom stereocenters. The van der Waals surface area contributed by atoms with Crippen molar-refractivity contribution in [3.05, 3.63) is 101 Å². The van der Waals surface area contributed by atoms with Crippen molar-refractivity contribution in [1.29, 1.82) is 0 Å². The Morgan fingerprint density at radius 3 is 2.57 bits per heavy atom. The molecule has 10 nitrogen and oxygen atoms in total. The number of pyridine rings is 2. The van der Waals surface area contributed by atoms with Gasteiger partial charge in [-0.25, -0.2) is 24.0 Å². The lowest BCUT2D eigenvalue weighted by Gasteiger charge is -2.14. The van der Waals surface area contributed by atoms with Crippen LogP contribution in [-0.4, -0.2) is 45.8 Å². The van der Waals surface area contributed by atoms with Crippen molar-refractivity contribution < 1.29 is 9.18 Å². The van der Waals surface area contributed by atoms with E-state index in [0.717, 1.165) is 34.5 Å². The van der Waals surface area contributed by atoms with Crippen LogP contribution >= 0.6 is 0 Å². The van der Waals surface area contributed by atoms with E-state index in [1.165, 1.54) is 10.9 Å². The summed E-state index contributed by atoms with van der Waals surface area (Å²) in [6, 6.07) is 10.5.